The van der Waals surface area contributed by atoms with Crippen LogP contribution >= 0.6 is 37.2 Å². The number of rotatable bonds is 0. The largest absolute Gasteiger partial charge is 0.326 e. The SMILES string of the molecule is Cl.Cl.Cl.N[C@H]1C[C@@H]2CNCCN2C1. The Hall–Kier alpha value is 0.750. The maximum absolute atomic E-state index is 5.82. The Morgan fingerprint density at radius 2 is 1.92 bits per heavy atom. The highest BCUT2D eigenvalue weighted by Gasteiger charge is 2.30. The fraction of sp³-hybridized carbons (Fsp3) is 1.00. The van der Waals surface area contributed by atoms with E-state index in [4.69, 9.17) is 5.73 Å². The number of piperazine rings is 1. The number of nitrogens with zero attached hydrogens (tertiary/aromatic N) is 1. The summed E-state index contributed by atoms with van der Waals surface area (Å²) in [6, 6.07) is 1.17. The fourth-order valence-corrected chi connectivity index (χ4v) is 2.00. The molecule has 0 aliphatic carbocycles. The van der Waals surface area contributed by atoms with Crippen LogP contribution in [0.4, 0.5) is 0 Å². The van der Waals surface area contributed by atoms with Crippen LogP contribution in [0.5, 0.6) is 0 Å². The van der Waals surface area contributed by atoms with Crippen molar-refractivity contribution in [3.8, 4) is 0 Å². The van der Waals surface area contributed by atoms with Crippen molar-refractivity contribution in [2.75, 3.05) is 26.2 Å². The summed E-state index contributed by atoms with van der Waals surface area (Å²) < 4.78 is 0. The smallest absolute Gasteiger partial charge is 0.0237 e. The Bertz CT molecular complexity index is 122. The summed E-state index contributed by atoms with van der Waals surface area (Å²) in [4.78, 5) is 2.50. The third kappa shape index (κ3) is 3.78. The van der Waals surface area contributed by atoms with E-state index in [0.717, 1.165) is 25.7 Å². The molecule has 0 radical (unpaired) electrons. The highest BCUT2D eigenvalue weighted by atomic mass is 35.5. The lowest BCUT2D eigenvalue weighted by atomic mass is 10.1. The molecule has 2 fully saturated rings. The molecule has 0 bridgehead atoms. The van der Waals surface area contributed by atoms with Gasteiger partial charge < -0.3 is 11.1 Å². The second kappa shape index (κ2) is 7.10. The van der Waals surface area contributed by atoms with Crippen molar-refractivity contribution in [3.63, 3.8) is 0 Å². The molecule has 3 nitrogen and oxygen atoms in total. The summed E-state index contributed by atoms with van der Waals surface area (Å²) in [6.45, 7) is 4.60. The minimum absolute atomic E-state index is 0. The topological polar surface area (TPSA) is 41.3 Å². The van der Waals surface area contributed by atoms with Crippen LogP contribution in [0.3, 0.4) is 0 Å². The van der Waals surface area contributed by atoms with Gasteiger partial charge in [0.15, 0.2) is 0 Å². The molecule has 0 aromatic rings. The number of hydrogen-bond donors (Lipinski definition) is 2. The molecular formula is C7H18Cl3N3. The van der Waals surface area contributed by atoms with Crippen LogP contribution in [0, 0.1) is 0 Å². The average Bonchev–Trinajstić information content (AvgIpc) is 2.27. The highest BCUT2D eigenvalue weighted by molar-refractivity contribution is 5.86. The molecule has 0 aromatic heterocycles. The minimum atomic E-state index is 0. The van der Waals surface area contributed by atoms with E-state index in [1.807, 2.05) is 0 Å². The second-order valence-corrected chi connectivity index (χ2v) is 3.35. The zero-order valence-electron chi connectivity index (χ0n) is 7.44. The first kappa shape index (κ1) is 16.2. The quantitative estimate of drug-likeness (QED) is 0.648. The van der Waals surface area contributed by atoms with Gasteiger partial charge in [0, 0.05) is 38.3 Å². The second-order valence-electron chi connectivity index (χ2n) is 3.35. The third-order valence-corrected chi connectivity index (χ3v) is 2.52. The molecule has 6 heteroatoms. The van der Waals surface area contributed by atoms with Crippen molar-refractivity contribution >= 4 is 37.2 Å². The Morgan fingerprint density at radius 3 is 2.54 bits per heavy atom. The number of fused-ring (bicyclic) bond motifs is 1. The summed E-state index contributed by atoms with van der Waals surface area (Å²) in [5.41, 5.74) is 5.82. The van der Waals surface area contributed by atoms with E-state index in [1.165, 1.54) is 13.0 Å². The Labute approximate surface area is 98.0 Å². The minimum Gasteiger partial charge on any atom is -0.326 e. The van der Waals surface area contributed by atoms with Gasteiger partial charge in [0.05, 0.1) is 0 Å². The molecule has 0 saturated carbocycles. The normalized spacial score (nSPS) is 32.1. The first-order valence-electron chi connectivity index (χ1n) is 4.06. The first-order chi connectivity index (χ1) is 4.86. The van der Waals surface area contributed by atoms with Crippen molar-refractivity contribution < 1.29 is 0 Å². The number of halogens is 3. The lowest BCUT2D eigenvalue weighted by Gasteiger charge is -2.29. The van der Waals surface area contributed by atoms with E-state index >= 15 is 0 Å². The van der Waals surface area contributed by atoms with E-state index in [-0.39, 0.29) is 37.2 Å². The average molecular weight is 251 g/mol. The molecule has 2 rings (SSSR count). The zero-order chi connectivity index (χ0) is 6.97. The standard InChI is InChI=1S/C7H15N3.3ClH/c8-6-3-7-4-9-1-2-10(7)5-6;;;/h6-7,9H,1-5,8H2;3*1H/t6-,7+;;;/m0.../s1. The molecule has 0 unspecified atom stereocenters. The molecule has 0 amide bonds. The molecule has 2 aliphatic heterocycles. The maximum Gasteiger partial charge on any atom is 0.0237 e. The molecule has 0 spiro atoms. The van der Waals surface area contributed by atoms with Crippen LogP contribution < -0.4 is 11.1 Å². The van der Waals surface area contributed by atoms with Gasteiger partial charge in [0.25, 0.3) is 0 Å². The van der Waals surface area contributed by atoms with E-state index in [2.05, 4.69) is 10.2 Å². The monoisotopic (exact) mass is 249 g/mol. The molecule has 82 valence electrons. The molecule has 13 heavy (non-hydrogen) atoms. The van der Waals surface area contributed by atoms with Gasteiger partial charge in [-0.1, -0.05) is 0 Å². The summed E-state index contributed by atoms with van der Waals surface area (Å²) in [5.74, 6) is 0. The van der Waals surface area contributed by atoms with Crippen LogP contribution in [-0.4, -0.2) is 43.2 Å². The molecular weight excluding hydrogens is 232 g/mol. The van der Waals surface area contributed by atoms with Crippen molar-refractivity contribution in [2.45, 2.75) is 18.5 Å². The predicted octanol–water partition coefficient (Wildman–Crippen LogP) is 0.257. The Morgan fingerprint density at radius 1 is 1.23 bits per heavy atom. The van der Waals surface area contributed by atoms with E-state index < -0.39 is 0 Å². The van der Waals surface area contributed by atoms with E-state index in [0.29, 0.717) is 6.04 Å². The van der Waals surface area contributed by atoms with Gasteiger partial charge >= 0.3 is 0 Å². The van der Waals surface area contributed by atoms with Crippen molar-refractivity contribution in [3.05, 3.63) is 0 Å². The van der Waals surface area contributed by atoms with Gasteiger partial charge in [0.1, 0.15) is 0 Å². The Balaban J connectivity index is 0. The zero-order valence-corrected chi connectivity index (χ0v) is 9.89. The fourth-order valence-electron chi connectivity index (χ4n) is 2.00. The van der Waals surface area contributed by atoms with Gasteiger partial charge in [0.2, 0.25) is 0 Å². The van der Waals surface area contributed by atoms with Gasteiger partial charge in [-0.2, -0.15) is 0 Å². The van der Waals surface area contributed by atoms with Crippen LogP contribution in [0.1, 0.15) is 6.42 Å². The maximum atomic E-state index is 5.82. The number of nitrogens with one attached hydrogen (secondary N) is 1. The van der Waals surface area contributed by atoms with Gasteiger partial charge in [-0.3, -0.25) is 4.90 Å². The highest BCUT2D eigenvalue weighted by Crippen LogP contribution is 2.16. The van der Waals surface area contributed by atoms with E-state index in [9.17, 15) is 0 Å². The lowest BCUT2D eigenvalue weighted by Crippen LogP contribution is -2.47. The van der Waals surface area contributed by atoms with Gasteiger partial charge in [-0.25, -0.2) is 0 Å². The molecule has 3 N–H and O–H groups in total. The van der Waals surface area contributed by atoms with Gasteiger partial charge in [-0.15, -0.1) is 37.2 Å². The summed E-state index contributed by atoms with van der Waals surface area (Å²) >= 11 is 0. The molecule has 2 saturated heterocycles. The number of hydrogen-bond acceptors (Lipinski definition) is 3. The Kier molecular flexibility index (Phi) is 8.84. The first-order valence-corrected chi connectivity index (χ1v) is 4.06. The van der Waals surface area contributed by atoms with Crippen molar-refractivity contribution in [2.24, 2.45) is 5.73 Å². The van der Waals surface area contributed by atoms with E-state index in [1.54, 1.807) is 0 Å². The predicted molar refractivity (Wildman–Crippen MR) is 62.6 cm³/mol. The lowest BCUT2D eigenvalue weighted by molar-refractivity contribution is 0.212. The summed E-state index contributed by atoms with van der Waals surface area (Å²) in [6.07, 6.45) is 1.19. The molecule has 0 aromatic carbocycles. The number of nitrogens with two attached hydrogens (primary N) is 1. The third-order valence-electron chi connectivity index (χ3n) is 2.52. The van der Waals surface area contributed by atoms with Crippen molar-refractivity contribution in [1.82, 2.24) is 10.2 Å². The summed E-state index contributed by atoms with van der Waals surface area (Å²) in [5, 5.41) is 3.38. The van der Waals surface area contributed by atoms with Crippen molar-refractivity contribution in [1.29, 1.82) is 0 Å². The summed E-state index contributed by atoms with van der Waals surface area (Å²) in [7, 11) is 0. The van der Waals surface area contributed by atoms with Gasteiger partial charge in [-0.05, 0) is 6.42 Å². The van der Waals surface area contributed by atoms with Crippen LogP contribution in [0.15, 0.2) is 0 Å². The van der Waals surface area contributed by atoms with Crippen LogP contribution in [-0.2, 0) is 0 Å². The molecule has 2 aliphatic rings. The molecule has 2 atom stereocenters. The molecule has 2 heterocycles. The van der Waals surface area contributed by atoms with Crippen LogP contribution in [0.2, 0.25) is 0 Å². The van der Waals surface area contributed by atoms with Crippen LogP contribution in [0.25, 0.3) is 0 Å².